The molecule has 0 unspecified atom stereocenters. The van der Waals surface area contributed by atoms with E-state index in [-0.39, 0.29) is 22.7 Å². The van der Waals surface area contributed by atoms with E-state index in [1.54, 1.807) is 41.1 Å². The van der Waals surface area contributed by atoms with Crippen molar-refractivity contribution < 1.29 is 14.3 Å². The Balaban J connectivity index is 1.56. The molecule has 12 heteroatoms. The van der Waals surface area contributed by atoms with E-state index in [2.05, 4.69) is 20.6 Å². The van der Waals surface area contributed by atoms with E-state index in [0.717, 1.165) is 11.3 Å². The summed E-state index contributed by atoms with van der Waals surface area (Å²) in [6.07, 6.45) is 1.22. The van der Waals surface area contributed by atoms with Crippen molar-refractivity contribution in [1.29, 1.82) is 5.26 Å². The third-order valence-electron chi connectivity index (χ3n) is 5.80. The van der Waals surface area contributed by atoms with Gasteiger partial charge in [-0.3, -0.25) is 5.32 Å². The van der Waals surface area contributed by atoms with Gasteiger partial charge in [-0.15, -0.1) is 0 Å². The smallest absolute Gasteiger partial charge is 0.324 e. The highest BCUT2D eigenvalue weighted by Gasteiger charge is 2.22. The number of rotatable bonds is 6. The van der Waals surface area contributed by atoms with Gasteiger partial charge in [-0.1, -0.05) is 20.8 Å². The second-order valence-corrected chi connectivity index (χ2v) is 9.71. The van der Waals surface area contributed by atoms with Crippen LogP contribution in [0.15, 0.2) is 48.8 Å². The topological polar surface area (TPSA) is 179 Å². The van der Waals surface area contributed by atoms with E-state index in [0.29, 0.717) is 34.4 Å². The zero-order chi connectivity index (χ0) is 28.3. The van der Waals surface area contributed by atoms with E-state index in [1.165, 1.54) is 13.4 Å². The van der Waals surface area contributed by atoms with Crippen molar-refractivity contribution in [3.8, 4) is 29.1 Å². The number of aromatic nitrogens is 4. The van der Waals surface area contributed by atoms with Crippen LogP contribution in [-0.4, -0.2) is 32.9 Å². The van der Waals surface area contributed by atoms with Crippen LogP contribution in [0.3, 0.4) is 0 Å². The van der Waals surface area contributed by atoms with Crippen molar-refractivity contribution in [2.45, 2.75) is 33.1 Å². The van der Waals surface area contributed by atoms with Crippen molar-refractivity contribution in [3.63, 3.8) is 0 Å². The van der Waals surface area contributed by atoms with Crippen LogP contribution in [0.1, 0.15) is 37.6 Å². The summed E-state index contributed by atoms with van der Waals surface area (Å²) in [5, 5.41) is 19.8. The number of ether oxygens (including phenoxy) is 2. The van der Waals surface area contributed by atoms with Gasteiger partial charge in [0.1, 0.15) is 35.5 Å². The van der Waals surface area contributed by atoms with E-state index >= 15 is 0 Å². The van der Waals surface area contributed by atoms with Crippen LogP contribution in [0.25, 0.3) is 5.69 Å². The van der Waals surface area contributed by atoms with Gasteiger partial charge in [-0.25, -0.2) is 19.4 Å². The summed E-state index contributed by atoms with van der Waals surface area (Å²) in [4.78, 5) is 20.8. The monoisotopic (exact) mass is 527 g/mol. The fourth-order valence-electron chi connectivity index (χ4n) is 3.65. The first-order valence-electron chi connectivity index (χ1n) is 11.9. The Bertz CT molecular complexity index is 1580. The van der Waals surface area contributed by atoms with Gasteiger partial charge in [0.2, 0.25) is 5.88 Å². The lowest BCUT2D eigenvalue weighted by Gasteiger charge is -2.14. The number of carbonyl (C=O) groups is 1. The molecule has 0 saturated heterocycles. The number of nitrogens with one attached hydrogen (secondary N) is 2. The fourth-order valence-corrected chi connectivity index (χ4v) is 3.65. The van der Waals surface area contributed by atoms with Gasteiger partial charge >= 0.3 is 6.03 Å². The van der Waals surface area contributed by atoms with Crippen LogP contribution < -0.4 is 31.6 Å². The predicted octanol–water partition coefficient (Wildman–Crippen LogP) is 4.75. The second kappa shape index (κ2) is 10.6. The lowest BCUT2D eigenvalue weighted by atomic mass is 9.92. The van der Waals surface area contributed by atoms with Crippen LogP contribution in [0.4, 0.5) is 27.8 Å². The molecule has 0 aliphatic rings. The van der Waals surface area contributed by atoms with Gasteiger partial charge in [-0.2, -0.15) is 10.4 Å². The van der Waals surface area contributed by atoms with Crippen LogP contribution in [0.5, 0.6) is 17.4 Å². The maximum Gasteiger partial charge on any atom is 0.324 e. The van der Waals surface area contributed by atoms with E-state index < -0.39 is 6.03 Å². The SMILES string of the molecule is COc1cc(-n2nc(C(C)(C)C)cc2NC(=O)Nc2ccc(Oc3ncnc(N)c3C#N)cc2C)ccc1N. The molecule has 2 heterocycles. The molecule has 0 fully saturated rings. The van der Waals surface area contributed by atoms with Crippen molar-refractivity contribution in [1.82, 2.24) is 19.7 Å². The maximum absolute atomic E-state index is 13.0. The first-order valence-corrected chi connectivity index (χ1v) is 11.9. The number of methoxy groups -OCH3 is 1. The Kier molecular flexibility index (Phi) is 7.26. The van der Waals surface area contributed by atoms with Crippen LogP contribution >= 0.6 is 0 Å². The lowest BCUT2D eigenvalue weighted by Crippen LogP contribution is -2.21. The molecule has 0 aliphatic heterocycles. The Morgan fingerprint density at radius 3 is 2.51 bits per heavy atom. The van der Waals surface area contributed by atoms with Gasteiger partial charge in [0, 0.05) is 23.2 Å². The third kappa shape index (κ3) is 5.83. The molecule has 0 radical (unpaired) electrons. The van der Waals surface area contributed by atoms with E-state index in [1.807, 2.05) is 39.8 Å². The highest BCUT2D eigenvalue weighted by atomic mass is 16.5. The quantitative estimate of drug-likeness (QED) is 0.257. The predicted molar refractivity (Wildman–Crippen MR) is 148 cm³/mol. The number of nitrogen functional groups attached to an aromatic ring is 2. The van der Waals surface area contributed by atoms with E-state index in [9.17, 15) is 10.1 Å². The number of carbonyl (C=O) groups excluding carboxylic acids is 1. The largest absolute Gasteiger partial charge is 0.495 e. The Hall–Kier alpha value is -5.31. The number of aryl methyl sites for hydroxylation is 1. The molecule has 0 aliphatic carbocycles. The molecule has 0 atom stereocenters. The molecule has 39 heavy (non-hydrogen) atoms. The van der Waals surface area contributed by atoms with Crippen LogP contribution in [-0.2, 0) is 5.41 Å². The number of nitriles is 1. The number of benzene rings is 2. The minimum atomic E-state index is -0.467. The molecular formula is C27H29N9O3. The second-order valence-electron chi connectivity index (χ2n) is 9.71. The van der Waals surface area contributed by atoms with Gasteiger partial charge in [-0.05, 0) is 42.8 Å². The highest BCUT2D eigenvalue weighted by Crippen LogP contribution is 2.31. The summed E-state index contributed by atoms with van der Waals surface area (Å²) in [5.41, 5.74) is 14.7. The van der Waals surface area contributed by atoms with Crippen molar-refractivity contribution in [2.24, 2.45) is 0 Å². The number of hydrogen-bond donors (Lipinski definition) is 4. The van der Waals surface area contributed by atoms with Gasteiger partial charge in [0.15, 0.2) is 5.56 Å². The molecule has 4 aromatic rings. The first kappa shape index (κ1) is 26.7. The normalized spacial score (nSPS) is 11.0. The molecule has 4 rings (SSSR count). The number of hydrogen-bond acceptors (Lipinski definition) is 9. The summed E-state index contributed by atoms with van der Waals surface area (Å²) in [7, 11) is 1.54. The molecule has 0 spiro atoms. The van der Waals surface area contributed by atoms with Crippen molar-refractivity contribution in [2.75, 3.05) is 29.2 Å². The van der Waals surface area contributed by atoms with Gasteiger partial charge in [0.05, 0.1) is 24.2 Å². The molecule has 2 amide bonds. The van der Waals surface area contributed by atoms with Crippen molar-refractivity contribution in [3.05, 3.63) is 65.6 Å². The summed E-state index contributed by atoms with van der Waals surface area (Å²) >= 11 is 0. The van der Waals surface area contributed by atoms with E-state index in [4.69, 9.17) is 26.0 Å². The molecule has 2 aromatic heterocycles. The Labute approximate surface area is 225 Å². The minimum absolute atomic E-state index is 0.0282. The zero-order valence-electron chi connectivity index (χ0n) is 22.2. The fraction of sp³-hybridized carbons (Fsp3) is 0.222. The summed E-state index contributed by atoms with van der Waals surface area (Å²) in [6.45, 7) is 7.92. The molecular weight excluding hydrogens is 498 g/mol. The number of anilines is 4. The standard InChI is InChI=1S/C27H29N9O3/c1-15-10-17(39-25-18(13-28)24(30)31-14-32-25)7-9-20(15)33-26(37)34-23-12-22(27(2,3)4)35-36(23)16-6-8-19(29)21(11-16)38-5/h6-12,14H,29H2,1-5H3,(H2,30,31,32)(H2,33,34,37). The minimum Gasteiger partial charge on any atom is -0.495 e. The molecule has 200 valence electrons. The molecule has 12 nitrogen and oxygen atoms in total. The maximum atomic E-state index is 13.0. The zero-order valence-corrected chi connectivity index (χ0v) is 22.2. The lowest BCUT2D eigenvalue weighted by molar-refractivity contribution is 0.262. The highest BCUT2D eigenvalue weighted by molar-refractivity contribution is 6.00. The van der Waals surface area contributed by atoms with Gasteiger partial charge in [0.25, 0.3) is 0 Å². The molecule has 6 N–H and O–H groups in total. The molecule has 0 bridgehead atoms. The van der Waals surface area contributed by atoms with Crippen LogP contribution in [0, 0.1) is 18.3 Å². The number of nitrogens with zero attached hydrogens (tertiary/aromatic N) is 5. The summed E-state index contributed by atoms with van der Waals surface area (Å²) in [5.74, 6) is 1.45. The summed E-state index contributed by atoms with van der Waals surface area (Å²) in [6, 6.07) is 13.6. The Morgan fingerprint density at radius 2 is 1.85 bits per heavy atom. The first-order chi connectivity index (χ1) is 18.5. The van der Waals surface area contributed by atoms with Crippen molar-refractivity contribution >= 4 is 29.0 Å². The average Bonchev–Trinajstić information content (AvgIpc) is 3.30. The van der Waals surface area contributed by atoms with Gasteiger partial charge < -0.3 is 26.3 Å². The van der Waals surface area contributed by atoms with Crippen LogP contribution in [0.2, 0.25) is 0 Å². The summed E-state index contributed by atoms with van der Waals surface area (Å²) < 4.78 is 12.7. The average molecular weight is 528 g/mol. The number of urea groups is 1. The number of nitrogens with two attached hydrogens (primary N) is 2. The molecule has 2 aromatic carbocycles. The third-order valence-corrected chi connectivity index (χ3v) is 5.80. The Morgan fingerprint density at radius 1 is 1.08 bits per heavy atom. The number of amides is 2. The molecule has 0 saturated carbocycles.